The fourth-order valence-electron chi connectivity index (χ4n) is 3.97. The Kier molecular flexibility index (Phi) is 5.38. The van der Waals surface area contributed by atoms with Gasteiger partial charge in [0.1, 0.15) is 5.82 Å². The first kappa shape index (κ1) is 20.6. The van der Waals surface area contributed by atoms with Gasteiger partial charge in [-0.05, 0) is 69.2 Å². The number of thioether (sulfide) groups is 1. The average Bonchev–Trinajstić information content (AvgIpc) is 3.48. The third kappa shape index (κ3) is 3.86. The van der Waals surface area contributed by atoms with Crippen molar-refractivity contribution in [1.82, 2.24) is 24.3 Å². The third-order valence-electron chi connectivity index (χ3n) is 5.65. The summed E-state index contributed by atoms with van der Waals surface area (Å²) in [5, 5.41) is 9.52. The molecular formula is C24H22FN5OS. The molecule has 1 aromatic carbocycles. The summed E-state index contributed by atoms with van der Waals surface area (Å²) < 4.78 is 17.4. The van der Waals surface area contributed by atoms with Crippen LogP contribution in [0.4, 0.5) is 4.39 Å². The van der Waals surface area contributed by atoms with E-state index in [1.165, 1.54) is 23.9 Å². The summed E-state index contributed by atoms with van der Waals surface area (Å²) in [6, 6.07) is 12.4. The lowest BCUT2D eigenvalue weighted by Gasteiger charge is -2.10. The van der Waals surface area contributed by atoms with Crippen LogP contribution in [-0.4, -0.2) is 35.9 Å². The van der Waals surface area contributed by atoms with E-state index in [1.54, 1.807) is 24.5 Å². The van der Waals surface area contributed by atoms with Crippen molar-refractivity contribution in [2.75, 3.05) is 5.75 Å². The molecule has 0 radical (unpaired) electrons. The van der Waals surface area contributed by atoms with E-state index in [1.807, 2.05) is 36.6 Å². The number of rotatable bonds is 7. The summed E-state index contributed by atoms with van der Waals surface area (Å²) in [4.78, 5) is 17.3. The molecule has 0 unspecified atom stereocenters. The molecule has 4 aromatic rings. The number of carbonyl (C=O) groups excluding carboxylic acids is 1. The second-order valence-electron chi connectivity index (χ2n) is 7.96. The molecular weight excluding hydrogens is 425 g/mol. The molecule has 0 spiro atoms. The van der Waals surface area contributed by atoms with Gasteiger partial charge in [-0.1, -0.05) is 11.8 Å². The van der Waals surface area contributed by atoms with Gasteiger partial charge in [0.2, 0.25) is 0 Å². The molecule has 0 amide bonds. The lowest BCUT2D eigenvalue weighted by atomic mass is 10.2. The Morgan fingerprint density at radius 3 is 2.62 bits per heavy atom. The van der Waals surface area contributed by atoms with Crippen LogP contribution in [-0.2, 0) is 0 Å². The topological polar surface area (TPSA) is 65.6 Å². The van der Waals surface area contributed by atoms with Crippen LogP contribution in [0.25, 0.3) is 17.1 Å². The number of benzene rings is 1. The number of aryl methyl sites for hydroxylation is 1. The molecule has 0 bridgehead atoms. The normalized spacial score (nSPS) is 13.5. The molecule has 1 fully saturated rings. The largest absolute Gasteiger partial charge is 0.318 e. The lowest BCUT2D eigenvalue weighted by molar-refractivity contribution is 0.102. The number of aromatic nitrogens is 5. The number of nitrogens with zero attached hydrogens (tertiary/aromatic N) is 5. The fourth-order valence-corrected chi connectivity index (χ4v) is 4.86. The Bertz CT molecular complexity index is 1280. The Hall–Kier alpha value is -3.26. The molecule has 1 aliphatic carbocycles. The van der Waals surface area contributed by atoms with Crippen molar-refractivity contribution < 1.29 is 9.18 Å². The van der Waals surface area contributed by atoms with E-state index in [9.17, 15) is 9.18 Å². The Morgan fingerprint density at radius 1 is 1.16 bits per heavy atom. The number of ketones is 1. The third-order valence-corrected chi connectivity index (χ3v) is 6.59. The van der Waals surface area contributed by atoms with E-state index in [-0.39, 0.29) is 17.4 Å². The molecule has 5 rings (SSSR count). The summed E-state index contributed by atoms with van der Waals surface area (Å²) >= 11 is 1.42. The molecule has 0 N–H and O–H groups in total. The maximum absolute atomic E-state index is 13.3. The Labute approximate surface area is 189 Å². The maximum Gasteiger partial charge on any atom is 0.192 e. The zero-order valence-electron chi connectivity index (χ0n) is 17.8. The van der Waals surface area contributed by atoms with Crippen molar-refractivity contribution in [2.45, 2.75) is 37.9 Å². The summed E-state index contributed by atoms with van der Waals surface area (Å²) in [5.74, 6) is 0.815. The number of hydrogen-bond acceptors (Lipinski definition) is 5. The molecule has 0 atom stereocenters. The van der Waals surface area contributed by atoms with Crippen LogP contribution in [0.2, 0.25) is 0 Å². The highest BCUT2D eigenvalue weighted by atomic mass is 32.2. The van der Waals surface area contributed by atoms with Crippen molar-refractivity contribution in [3.05, 3.63) is 77.6 Å². The van der Waals surface area contributed by atoms with Gasteiger partial charge in [0.15, 0.2) is 16.8 Å². The molecule has 0 saturated heterocycles. The first-order valence-electron chi connectivity index (χ1n) is 10.5. The maximum atomic E-state index is 13.3. The minimum absolute atomic E-state index is 0.0322. The molecule has 6 nitrogen and oxygen atoms in total. The molecule has 3 heterocycles. The molecule has 3 aromatic heterocycles. The van der Waals surface area contributed by atoms with E-state index >= 15 is 0 Å². The Balaban J connectivity index is 1.38. The highest BCUT2D eigenvalue weighted by Crippen LogP contribution is 2.41. The molecule has 1 aliphatic rings. The average molecular weight is 448 g/mol. The van der Waals surface area contributed by atoms with E-state index in [0.29, 0.717) is 11.6 Å². The van der Waals surface area contributed by atoms with Gasteiger partial charge in [0.25, 0.3) is 0 Å². The van der Waals surface area contributed by atoms with E-state index in [4.69, 9.17) is 0 Å². The predicted molar refractivity (Wildman–Crippen MR) is 122 cm³/mol. The molecule has 162 valence electrons. The Morgan fingerprint density at radius 2 is 1.94 bits per heavy atom. The van der Waals surface area contributed by atoms with Gasteiger partial charge < -0.3 is 4.57 Å². The van der Waals surface area contributed by atoms with Gasteiger partial charge in [0.05, 0.1) is 5.75 Å². The standard InChI is InChI=1S/C24H22FN5OS/c1-15-12-21(16(2)29(15)19-7-5-18(25)6-8-19)22(31)14-32-24-28-27-23(30(24)20-9-10-20)17-4-3-11-26-13-17/h3-8,11-13,20H,9-10,14H2,1-2H3. The van der Waals surface area contributed by atoms with Crippen molar-refractivity contribution in [1.29, 1.82) is 0 Å². The molecule has 1 saturated carbocycles. The number of Topliss-reactive ketones (excluding diaryl/α,β-unsaturated/α-hetero) is 1. The van der Waals surface area contributed by atoms with Crippen LogP contribution in [0.15, 0.2) is 60.0 Å². The van der Waals surface area contributed by atoms with Crippen molar-refractivity contribution in [3.63, 3.8) is 0 Å². The number of carbonyl (C=O) groups is 1. The SMILES string of the molecule is Cc1cc(C(=O)CSc2nnc(-c3cccnc3)n2C2CC2)c(C)n1-c1ccc(F)cc1. The van der Waals surface area contributed by atoms with Crippen LogP contribution in [0.1, 0.15) is 40.6 Å². The van der Waals surface area contributed by atoms with Gasteiger partial charge >= 0.3 is 0 Å². The van der Waals surface area contributed by atoms with Gasteiger partial charge in [-0.25, -0.2) is 4.39 Å². The smallest absolute Gasteiger partial charge is 0.192 e. The molecule has 32 heavy (non-hydrogen) atoms. The zero-order chi connectivity index (χ0) is 22.2. The lowest BCUT2D eigenvalue weighted by Crippen LogP contribution is -2.07. The van der Waals surface area contributed by atoms with Crippen molar-refractivity contribution in [2.24, 2.45) is 0 Å². The second kappa shape index (κ2) is 8.35. The fraction of sp³-hybridized carbons (Fsp3) is 0.250. The van der Waals surface area contributed by atoms with Crippen molar-refractivity contribution >= 4 is 17.5 Å². The summed E-state index contributed by atoms with van der Waals surface area (Å²) in [7, 11) is 0. The summed E-state index contributed by atoms with van der Waals surface area (Å²) in [6.45, 7) is 3.87. The first-order chi connectivity index (χ1) is 15.5. The summed E-state index contributed by atoms with van der Waals surface area (Å²) in [5.41, 5.74) is 4.21. The van der Waals surface area contributed by atoms with Crippen molar-refractivity contribution in [3.8, 4) is 17.1 Å². The van der Waals surface area contributed by atoms with Crippen LogP contribution in [0.5, 0.6) is 0 Å². The number of pyridine rings is 1. The highest BCUT2D eigenvalue weighted by molar-refractivity contribution is 7.99. The molecule has 0 aliphatic heterocycles. The van der Waals surface area contributed by atoms with Crippen LogP contribution >= 0.6 is 11.8 Å². The van der Waals surface area contributed by atoms with E-state index < -0.39 is 0 Å². The minimum Gasteiger partial charge on any atom is -0.318 e. The van der Waals surface area contributed by atoms with Crippen LogP contribution in [0.3, 0.4) is 0 Å². The monoisotopic (exact) mass is 447 g/mol. The van der Waals surface area contributed by atoms with Gasteiger partial charge in [-0.2, -0.15) is 0 Å². The zero-order valence-corrected chi connectivity index (χ0v) is 18.6. The first-order valence-corrected chi connectivity index (χ1v) is 11.5. The van der Waals surface area contributed by atoms with Gasteiger partial charge in [-0.15, -0.1) is 10.2 Å². The second-order valence-corrected chi connectivity index (χ2v) is 8.90. The van der Waals surface area contributed by atoms with Crippen LogP contribution in [0, 0.1) is 19.7 Å². The van der Waals surface area contributed by atoms with Crippen LogP contribution < -0.4 is 0 Å². The van der Waals surface area contributed by atoms with E-state index in [2.05, 4.69) is 19.7 Å². The minimum atomic E-state index is -0.283. The van der Waals surface area contributed by atoms with Gasteiger partial charge in [-0.3, -0.25) is 14.3 Å². The summed E-state index contributed by atoms with van der Waals surface area (Å²) in [6.07, 6.45) is 5.70. The van der Waals surface area contributed by atoms with E-state index in [0.717, 1.165) is 46.5 Å². The molecule has 8 heteroatoms. The number of halogens is 1. The highest BCUT2D eigenvalue weighted by Gasteiger charge is 2.30. The van der Waals surface area contributed by atoms with Gasteiger partial charge in [0, 0.05) is 46.6 Å². The number of hydrogen-bond donors (Lipinski definition) is 0. The predicted octanol–water partition coefficient (Wildman–Crippen LogP) is 5.20. The quantitative estimate of drug-likeness (QED) is 0.288.